The third kappa shape index (κ3) is 1.75. The van der Waals surface area contributed by atoms with Gasteiger partial charge in [-0.1, -0.05) is 43.7 Å². The van der Waals surface area contributed by atoms with Gasteiger partial charge < -0.3 is 0 Å². The molecular formula is C14H18. The summed E-state index contributed by atoms with van der Waals surface area (Å²) in [6, 6.07) is 6.82. The van der Waals surface area contributed by atoms with Crippen LogP contribution in [0.25, 0.3) is 5.57 Å². The number of aryl methyl sites for hydroxylation is 1. The van der Waals surface area contributed by atoms with Gasteiger partial charge in [-0.25, -0.2) is 0 Å². The number of hydrogen-bond acceptors (Lipinski definition) is 0. The molecule has 0 heterocycles. The van der Waals surface area contributed by atoms with Gasteiger partial charge in [-0.2, -0.15) is 0 Å². The highest BCUT2D eigenvalue weighted by atomic mass is 14.2. The summed E-state index contributed by atoms with van der Waals surface area (Å²) >= 11 is 0. The number of allylic oxidation sites excluding steroid dienone is 2. The third-order valence-corrected chi connectivity index (χ3v) is 2.81. The molecule has 0 amide bonds. The Morgan fingerprint density at radius 2 is 2.07 bits per heavy atom. The maximum atomic E-state index is 2.39. The smallest absolute Gasteiger partial charge is 0.00854 e. The van der Waals surface area contributed by atoms with Crippen molar-refractivity contribution in [2.75, 3.05) is 0 Å². The van der Waals surface area contributed by atoms with Crippen molar-refractivity contribution in [1.82, 2.24) is 0 Å². The van der Waals surface area contributed by atoms with Crippen molar-refractivity contribution < 1.29 is 0 Å². The molecule has 0 atom stereocenters. The summed E-state index contributed by atoms with van der Waals surface area (Å²) in [5.74, 6) is 0.757. The Kier molecular flexibility index (Phi) is 2.45. The standard InChI is InChI=1S/C14H18/c1-10(2)8-13-7-6-12-5-4-11(3)9-14(12)13/h4-5,7,9-10H,6,8H2,1-3H3. The number of fused-ring (bicyclic) bond motifs is 1. The first kappa shape index (κ1) is 9.51. The van der Waals surface area contributed by atoms with Crippen LogP contribution in [0.2, 0.25) is 0 Å². The molecule has 0 saturated heterocycles. The summed E-state index contributed by atoms with van der Waals surface area (Å²) in [7, 11) is 0. The van der Waals surface area contributed by atoms with Crippen LogP contribution in [0.3, 0.4) is 0 Å². The van der Waals surface area contributed by atoms with Gasteiger partial charge in [0.15, 0.2) is 0 Å². The second-order valence-electron chi connectivity index (χ2n) is 4.69. The predicted octanol–water partition coefficient (Wildman–Crippen LogP) is 3.98. The lowest BCUT2D eigenvalue weighted by molar-refractivity contribution is 0.674. The molecule has 14 heavy (non-hydrogen) atoms. The van der Waals surface area contributed by atoms with Crippen molar-refractivity contribution in [3.8, 4) is 0 Å². The summed E-state index contributed by atoms with van der Waals surface area (Å²) in [5.41, 5.74) is 5.93. The van der Waals surface area contributed by atoms with Crippen LogP contribution in [0, 0.1) is 12.8 Å². The van der Waals surface area contributed by atoms with Gasteiger partial charge in [0.2, 0.25) is 0 Å². The Bertz CT molecular complexity index is 370. The van der Waals surface area contributed by atoms with Crippen molar-refractivity contribution in [3.63, 3.8) is 0 Å². The molecule has 0 aromatic heterocycles. The lowest BCUT2D eigenvalue weighted by atomic mass is 9.96. The van der Waals surface area contributed by atoms with Gasteiger partial charge in [0.25, 0.3) is 0 Å². The van der Waals surface area contributed by atoms with E-state index in [0.717, 1.165) is 12.3 Å². The van der Waals surface area contributed by atoms with Crippen molar-refractivity contribution in [2.24, 2.45) is 5.92 Å². The summed E-state index contributed by atoms with van der Waals surface area (Å²) < 4.78 is 0. The van der Waals surface area contributed by atoms with Crippen LogP contribution in [-0.2, 0) is 6.42 Å². The van der Waals surface area contributed by atoms with E-state index in [0.29, 0.717) is 0 Å². The molecule has 1 aromatic carbocycles. The van der Waals surface area contributed by atoms with E-state index in [2.05, 4.69) is 45.0 Å². The van der Waals surface area contributed by atoms with Crippen LogP contribution in [0.4, 0.5) is 0 Å². The van der Waals surface area contributed by atoms with Gasteiger partial charge in [-0.05, 0) is 42.4 Å². The Morgan fingerprint density at radius 3 is 2.79 bits per heavy atom. The number of hydrogen-bond donors (Lipinski definition) is 0. The maximum Gasteiger partial charge on any atom is -0.00854 e. The van der Waals surface area contributed by atoms with Gasteiger partial charge in [-0.3, -0.25) is 0 Å². The van der Waals surface area contributed by atoms with Crippen molar-refractivity contribution >= 4 is 5.57 Å². The van der Waals surface area contributed by atoms with Gasteiger partial charge >= 0.3 is 0 Å². The van der Waals surface area contributed by atoms with E-state index in [1.165, 1.54) is 23.1 Å². The molecule has 0 aliphatic heterocycles. The minimum absolute atomic E-state index is 0.757. The fourth-order valence-corrected chi connectivity index (χ4v) is 2.14. The average Bonchev–Trinajstić information content (AvgIpc) is 2.47. The zero-order chi connectivity index (χ0) is 10.1. The molecule has 1 aromatic rings. The molecule has 0 fully saturated rings. The van der Waals surface area contributed by atoms with Gasteiger partial charge in [0.05, 0.1) is 0 Å². The highest BCUT2D eigenvalue weighted by Gasteiger charge is 2.14. The first-order chi connectivity index (χ1) is 6.66. The van der Waals surface area contributed by atoms with Crippen LogP contribution in [0.15, 0.2) is 24.3 Å². The van der Waals surface area contributed by atoms with Crippen LogP contribution in [0.5, 0.6) is 0 Å². The lowest BCUT2D eigenvalue weighted by Crippen LogP contribution is -1.91. The third-order valence-electron chi connectivity index (χ3n) is 2.81. The fraction of sp³-hybridized carbons (Fsp3) is 0.429. The Morgan fingerprint density at radius 1 is 1.29 bits per heavy atom. The van der Waals surface area contributed by atoms with E-state index in [1.54, 1.807) is 5.57 Å². The first-order valence-electron chi connectivity index (χ1n) is 5.46. The molecule has 1 aliphatic carbocycles. The minimum Gasteiger partial charge on any atom is -0.0763 e. The highest BCUT2D eigenvalue weighted by molar-refractivity contribution is 5.73. The molecule has 0 saturated carbocycles. The molecule has 0 nitrogen and oxygen atoms in total. The second-order valence-corrected chi connectivity index (χ2v) is 4.69. The average molecular weight is 186 g/mol. The second kappa shape index (κ2) is 3.61. The van der Waals surface area contributed by atoms with E-state index in [9.17, 15) is 0 Å². The van der Waals surface area contributed by atoms with E-state index >= 15 is 0 Å². The molecule has 0 bridgehead atoms. The normalized spacial score (nSPS) is 14.4. The molecule has 0 N–H and O–H groups in total. The van der Waals surface area contributed by atoms with Crippen molar-refractivity contribution in [1.29, 1.82) is 0 Å². The molecule has 0 heteroatoms. The molecule has 0 spiro atoms. The Labute approximate surface area is 86.7 Å². The molecule has 1 aliphatic rings. The molecule has 74 valence electrons. The van der Waals surface area contributed by atoms with E-state index in [4.69, 9.17) is 0 Å². The molecule has 0 radical (unpaired) electrons. The first-order valence-corrected chi connectivity index (χ1v) is 5.46. The topological polar surface area (TPSA) is 0 Å². The summed E-state index contributed by atoms with van der Waals surface area (Å²) in [5, 5.41) is 0. The lowest BCUT2D eigenvalue weighted by Gasteiger charge is -2.09. The Balaban J connectivity index is 2.31. The maximum absolute atomic E-state index is 2.39. The highest BCUT2D eigenvalue weighted by Crippen LogP contribution is 2.32. The summed E-state index contributed by atoms with van der Waals surface area (Å²) in [6.45, 7) is 6.74. The molecule has 0 unspecified atom stereocenters. The fourth-order valence-electron chi connectivity index (χ4n) is 2.14. The quantitative estimate of drug-likeness (QED) is 0.655. The largest absolute Gasteiger partial charge is 0.0763 e. The molecular weight excluding hydrogens is 168 g/mol. The Hall–Kier alpha value is -1.04. The molecule has 2 rings (SSSR count). The van der Waals surface area contributed by atoms with Crippen molar-refractivity contribution in [3.05, 3.63) is 41.0 Å². The van der Waals surface area contributed by atoms with E-state index in [1.807, 2.05) is 0 Å². The number of benzene rings is 1. The van der Waals surface area contributed by atoms with Crippen LogP contribution in [0.1, 0.15) is 37.0 Å². The van der Waals surface area contributed by atoms with Crippen LogP contribution in [-0.4, -0.2) is 0 Å². The van der Waals surface area contributed by atoms with E-state index < -0.39 is 0 Å². The minimum atomic E-state index is 0.757. The monoisotopic (exact) mass is 186 g/mol. The van der Waals surface area contributed by atoms with Crippen LogP contribution >= 0.6 is 0 Å². The van der Waals surface area contributed by atoms with Gasteiger partial charge in [0, 0.05) is 0 Å². The van der Waals surface area contributed by atoms with E-state index in [-0.39, 0.29) is 0 Å². The predicted molar refractivity (Wildman–Crippen MR) is 62.3 cm³/mol. The summed E-state index contributed by atoms with van der Waals surface area (Å²) in [4.78, 5) is 0. The van der Waals surface area contributed by atoms with Crippen molar-refractivity contribution in [2.45, 2.75) is 33.6 Å². The van der Waals surface area contributed by atoms with Gasteiger partial charge in [0.1, 0.15) is 0 Å². The van der Waals surface area contributed by atoms with Gasteiger partial charge in [-0.15, -0.1) is 0 Å². The number of rotatable bonds is 2. The van der Waals surface area contributed by atoms with Crippen LogP contribution < -0.4 is 0 Å². The SMILES string of the molecule is Cc1ccc2c(c1)C(CC(C)C)=CC2. The zero-order valence-corrected chi connectivity index (χ0v) is 9.30. The zero-order valence-electron chi connectivity index (χ0n) is 9.30. The summed E-state index contributed by atoms with van der Waals surface area (Å²) in [6.07, 6.45) is 4.75.